The highest BCUT2D eigenvalue weighted by molar-refractivity contribution is 5.99. The van der Waals surface area contributed by atoms with Gasteiger partial charge in [-0.1, -0.05) is 57.6 Å². The Hall–Kier alpha value is -2.36. The molecule has 30 heavy (non-hydrogen) atoms. The number of para-hydroxylation sites is 2. The van der Waals surface area contributed by atoms with Crippen molar-refractivity contribution < 1.29 is 9.59 Å². The zero-order valence-electron chi connectivity index (χ0n) is 19.1. The quantitative estimate of drug-likeness (QED) is 0.640. The predicted octanol–water partition coefficient (Wildman–Crippen LogP) is 5.72. The van der Waals surface area contributed by atoms with E-state index in [0.717, 1.165) is 29.9 Å². The standard InChI is InChI=1S/C26H34N2O2/c1-16-11-12-18(26(16,5)6)13-22-24-20(14-25(3,4)15-23(24)30)27-19-9-7-8-10-21(19)28(22)17(2)29/h7-11,14,18,22,24,27H,12-13,15H2,1-6H3. The molecule has 1 heterocycles. The van der Waals surface area contributed by atoms with Gasteiger partial charge in [0.1, 0.15) is 5.78 Å². The van der Waals surface area contributed by atoms with Crippen molar-refractivity contribution in [2.24, 2.45) is 22.7 Å². The minimum absolute atomic E-state index is 0.00591. The van der Waals surface area contributed by atoms with Gasteiger partial charge in [-0.15, -0.1) is 0 Å². The van der Waals surface area contributed by atoms with Crippen LogP contribution in [0.25, 0.3) is 0 Å². The summed E-state index contributed by atoms with van der Waals surface area (Å²) in [5.74, 6) is 0.313. The summed E-state index contributed by atoms with van der Waals surface area (Å²) in [4.78, 5) is 28.4. The molecule has 1 N–H and O–H groups in total. The second-order valence-electron chi connectivity index (χ2n) is 10.6. The first-order valence-corrected chi connectivity index (χ1v) is 11.1. The molecular weight excluding hydrogens is 372 g/mol. The fourth-order valence-electron chi connectivity index (χ4n) is 5.63. The molecule has 3 atom stereocenters. The summed E-state index contributed by atoms with van der Waals surface area (Å²) in [6, 6.07) is 7.75. The monoisotopic (exact) mass is 406 g/mol. The van der Waals surface area contributed by atoms with Gasteiger partial charge in [0.05, 0.1) is 23.3 Å². The number of carbonyl (C=O) groups excluding carboxylic acids is 2. The average Bonchev–Trinajstić information content (AvgIpc) is 2.81. The summed E-state index contributed by atoms with van der Waals surface area (Å²) < 4.78 is 0. The first-order valence-electron chi connectivity index (χ1n) is 11.1. The Bertz CT molecular complexity index is 954. The number of hydrogen-bond acceptors (Lipinski definition) is 3. The van der Waals surface area contributed by atoms with E-state index in [0.29, 0.717) is 12.3 Å². The molecule has 0 radical (unpaired) electrons. The van der Waals surface area contributed by atoms with Crippen molar-refractivity contribution in [1.82, 2.24) is 0 Å². The molecule has 4 nitrogen and oxygen atoms in total. The van der Waals surface area contributed by atoms with Gasteiger partial charge in [-0.05, 0) is 48.6 Å². The van der Waals surface area contributed by atoms with Crippen LogP contribution in [-0.2, 0) is 9.59 Å². The van der Waals surface area contributed by atoms with Crippen LogP contribution in [0.1, 0.15) is 60.8 Å². The molecule has 1 aromatic carbocycles. The van der Waals surface area contributed by atoms with Crippen LogP contribution < -0.4 is 10.2 Å². The fraction of sp³-hybridized carbons (Fsp3) is 0.538. The van der Waals surface area contributed by atoms with Gasteiger partial charge in [-0.25, -0.2) is 0 Å². The first kappa shape index (κ1) is 20.9. The Balaban J connectivity index is 1.85. The Kier molecular flexibility index (Phi) is 4.95. The molecule has 0 fully saturated rings. The van der Waals surface area contributed by atoms with Crippen LogP contribution in [0.4, 0.5) is 11.4 Å². The fourth-order valence-corrected chi connectivity index (χ4v) is 5.63. The highest BCUT2D eigenvalue weighted by atomic mass is 16.2. The number of nitrogens with zero attached hydrogens (tertiary/aromatic N) is 1. The molecular formula is C26H34N2O2. The van der Waals surface area contributed by atoms with E-state index in [1.165, 1.54) is 5.57 Å². The van der Waals surface area contributed by atoms with E-state index >= 15 is 0 Å². The zero-order valence-corrected chi connectivity index (χ0v) is 19.1. The third-order valence-electron chi connectivity index (χ3n) is 7.63. The van der Waals surface area contributed by atoms with Gasteiger partial charge in [0.25, 0.3) is 0 Å². The summed E-state index contributed by atoms with van der Waals surface area (Å²) in [7, 11) is 0. The summed E-state index contributed by atoms with van der Waals surface area (Å²) in [6.07, 6.45) is 6.86. The van der Waals surface area contributed by atoms with Crippen molar-refractivity contribution in [3.8, 4) is 0 Å². The Morgan fingerprint density at radius 2 is 1.90 bits per heavy atom. The van der Waals surface area contributed by atoms with Crippen molar-refractivity contribution in [2.45, 2.75) is 66.8 Å². The molecule has 0 saturated heterocycles. The number of allylic oxidation sites excluding steroid dienone is 3. The number of carbonyl (C=O) groups is 2. The molecule has 0 saturated carbocycles. The number of anilines is 2. The number of fused-ring (bicyclic) bond motifs is 2. The molecule has 4 rings (SSSR count). The zero-order chi connectivity index (χ0) is 21.8. The van der Waals surface area contributed by atoms with Gasteiger partial charge < -0.3 is 10.2 Å². The molecule has 4 heteroatoms. The largest absolute Gasteiger partial charge is 0.357 e. The lowest BCUT2D eigenvalue weighted by molar-refractivity contribution is -0.125. The van der Waals surface area contributed by atoms with Crippen molar-refractivity contribution in [1.29, 1.82) is 0 Å². The van der Waals surface area contributed by atoms with Gasteiger partial charge in [-0.2, -0.15) is 0 Å². The number of Topliss-reactive ketones (excluding diaryl/α,β-unsaturated/α-hetero) is 1. The van der Waals surface area contributed by atoms with Crippen LogP contribution in [-0.4, -0.2) is 17.7 Å². The molecule has 2 aliphatic carbocycles. The summed E-state index contributed by atoms with van der Waals surface area (Å²) in [6.45, 7) is 12.6. The summed E-state index contributed by atoms with van der Waals surface area (Å²) >= 11 is 0. The van der Waals surface area contributed by atoms with E-state index in [9.17, 15) is 9.59 Å². The maximum atomic E-state index is 13.5. The average molecular weight is 407 g/mol. The number of hydrogen-bond donors (Lipinski definition) is 1. The van der Waals surface area contributed by atoms with Crippen LogP contribution >= 0.6 is 0 Å². The highest BCUT2D eigenvalue weighted by Crippen LogP contribution is 2.50. The lowest BCUT2D eigenvalue weighted by atomic mass is 9.69. The van der Waals surface area contributed by atoms with Crippen molar-refractivity contribution >= 4 is 23.1 Å². The smallest absolute Gasteiger partial charge is 0.224 e. The molecule has 1 aliphatic heterocycles. The normalized spacial score (nSPS) is 29.2. The van der Waals surface area contributed by atoms with Crippen LogP contribution in [0, 0.1) is 22.7 Å². The van der Waals surface area contributed by atoms with E-state index in [2.05, 4.69) is 52.1 Å². The maximum Gasteiger partial charge on any atom is 0.224 e. The van der Waals surface area contributed by atoms with Gasteiger partial charge in [0.15, 0.2) is 0 Å². The van der Waals surface area contributed by atoms with Gasteiger partial charge in [-0.3, -0.25) is 9.59 Å². The van der Waals surface area contributed by atoms with Gasteiger partial charge >= 0.3 is 0 Å². The summed E-state index contributed by atoms with van der Waals surface area (Å²) in [5.41, 5.74) is 4.01. The van der Waals surface area contributed by atoms with E-state index in [-0.39, 0.29) is 34.5 Å². The molecule has 3 aliphatic rings. The van der Waals surface area contributed by atoms with Crippen LogP contribution in [0.3, 0.4) is 0 Å². The molecule has 3 unspecified atom stereocenters. The minimum Gasteiger partial charge on any atom is -0.357 e. The van der Waals surface area contributed by atoms with Crippen LogP contribution in [0.2, 0.25) is 0 Å². The highest BCUT2D eigenvalue weighted by Gasteiger charge is 2.47. The third-order valence-corrected chi connectivity index (χ3v) is 7.63. The number of ketones is 1. The molecule has 0 spiro atoms. The summed E-state index contributed by atoms with van der Waals surface area (Å²) in [5, 5.41) is 3.55. The molecule has 160 valence electrons. The predicted molar refractivity (Wildman–Crippen MR) is 122 cm³/mol. The van der Waals surface area contributed by atoms with E-state index in [1.807, 2.05) is 29.2 Å². The van der Waals surface area contributed by atoms with Gasteiger partial charge in [0, 0.05) is 19.0 Å². The van der Waals surface area contributed by atoms with E-state index in [1.54, 1.807) is 6.92 Å². The van der Waals surface area contributed by atoms with Crippen molar-refractivity contribution in [2.75, 3.05) is 10.2 Å². The molecule has 0 bridgehead atoms. The topological polar surface area (TPSA) is 49.4 Å². The second-order valence-corrected chi connectivity index (χ2v) is 10.6. The molecule has 1 aromatic rings. The third kappa shape index (κ3) is 3.40. The first-order chi connectivity index (χ1) is 14.0. The minimum atomic E-state index is -0.314. The van der Waals surface area contributed by atoms with Gasteiger partial charge in [0.2, 0.25) is 5.91 Å². The van der Waals surface area contributed by atoms with Crippen molar-refractivity contribution in [3.05, 3.63) is 47.7 Å². The Labute approximate surface area is 180 Å². The van der Waals surface area contributed by atoms with Crippen LogP contribution in [0.15, 0.2) is 47.7 Å². The lowest BCUT2D eigenvalue weighted by Crippen LogP contribution is -2.50. The SMILES string of the molecule is CC(=O)N1c2ccccc2NC2=CC(C)(C)CC(=O)C2C1CC1CC=C(C)C1(C)C. The number of rotatable bonds is 2. The van der Waals surface area contributed by atoms with E-state index in [4.69, 9.17) is 0 Å². The Morgan fingerprint density at radius 1 is 1.20 bits per heavy atom. The number of amides is 1. The van der Waals surface area contributed by atoms with Crippen LogP contribution in [0.5, 0.6) is 0 Å². The number of nitrogens with one attached hydrogen (secondary N) is 1. The molecule has 1 amide bonds. The van der Waals surface area contributed by atoms with Crippen molar-refractivity contribution in [3.63, 3.8) is 0 Å². The number of benzene rings is 1. The Morgan fingerprint density at radius 3 is 2.53 bits per heavy atom. The second kappa shape index (κ2) is 7.11. The lowest BCUT2D eigenvalue weighted by Gasteiger charge is -2.41. The van der Waals surface area contributed by atoms with E-state index < -0.39 is 0 Å². The molecule has 0 aromatic heterocycles. The maximum absolute atomic E-state index is 13.5.